The van der Waals surface area contributed by atoms with Gasteiger partial charge in [-0.05, 0) is 72.6 Å². The highest BCUT2D eigenvalue weighted by Crippen LogP contribution is 2.19. The molecule has 0 aliphatic rings. The van der Waals surface area contributed by atoms with Gasteiger partial charge in [-0.15, -0.1) is 11.8 Å². The first kappa shape index (κ1) is 25.7. The van der Waals surface area contributed by atoms with Gasteiger partial charge in [-0.25, -0.2) is 0 Å². The lowest BCUT2D eigenvalue weighted by Crippen LogP contribution is -2.09. The fraction of sp³-hybridized carbons (Fsp3) is 0.300. The van der Waals surface area contributed by atoms with Crippen LogP contribution in [-0.4, -0.2) is 35.4 Å². The smallest absolute Gasteiger partial charge is 0.119 e. The van der Waals surface area contributed by atoms with E-state index in [0.717, 1.165) is 33.8 Å². The fourth-order valence-electron chi connectivity index (χ4n) is 2.12. The lowest BCUT2D eigenvalue weighted by Gasteiger charge is -2.05. The van der Waals surface area contributed by atoms with Gasteiger partial charge in [0.05, 0.1) is 19.3 Å². The Morgan fingerprint density at radius 3 is 1.70 bits per heavy atom. The molecule has 0 amide bonds. The molecule has 0 aromatic heterocycles. The molecule has 0 saturated heterocycles. The molecular weight excluding hydrogens is 491 g/mol. The lowest BCUT2D eigenvalue weighted by atomic mass is 10.1. The van der Waals surface area contributed by atoms with Crippen LogP contribution in [0.1, 0.15) is 22.3 Å². The summed E-state index contributed by atoms with van der Waals surface area (Å²) in [5, 5.41) is 8.23. The average Bonchev–Trinajstić information content (AvgIpc) is 2.68. The molecule has 0 bridgehead atoms. The molecule has 4 nitrogen and oxygen atoms in total. The van der Waals surface area contributed by atoms with Crippen molar-refractivity contribution in [2.45, 2.75) is 13.8 Å². The Bertz CT molecular complexity index is 768. The van der Waals surface area contributed by atoms with E-state index in [1.54, 1.807) is 14.2 Å². The van der Waals surface area contributed by atoms with E-state index in [0.29, 0.717) is 10.0 Å². The number of thioether (sulfide) groups is 1. The molecule has 0 fully saturated rings. The minimum Gasteiger partial charge on any atom is -0.497 e. The average molecular weight is 518 g/mol. The Morgan fingerprint density at radius 1 is 0.926 bits per heavy atom. The zero-order valence-corrected chi connectivity index (χ0v) is 20.3. The molecule has 3 N–H and O–H groups in total. The maximum atomic E-state index is 7.65. The first-order valence-corrected chi connectivity index (χ1v) is 11.7. The van der Waals surface area contributed by atoms with Gasteiger partial charge in [0.2, 0.25) is 0 Å². The molecular formula is C20H27IN2O2S2. The predicted octanol–water partition coefficient (Wildman–Crippen LogP) is 5.38. The molecule has 2 aromatic carbocycles. The largest absolute Gasteiger partial charge is 0.497 e. The number of hydrogen-bond donors (Lipinski definition) is 2. The van der Waals surface area contributed by atoms with Crippen LogP contribution in [0.25, 0.3) is 0 Å². The zero-order valence-electron chi connectivity index (χ0n) is 16.6. The highest BCUT2D eigenvalue weighted by Gasteiger charge is 2.02. The number of rotatable bonds is 4. The van der Waals surface area contributed by atoms with E-state index in [-0.39, 0.29) is 0 Å². The van der Waals surface area contributed by atoms with Gasteiger partial charge in [-0.1, -0.05) is 34.8 Å². The van der Waals surface area contributed by atoms with Gasteiger partial charge in [0.15, 0.2) is 0 Å². The predicted molar refractivity (Wildman–Crippen MR) is 132 cm³/mol. The van der Waals surface area contributed by atoms with Crippen molar-refractivity contribution in [3.8, 4) is 11.5 Å². The van der Waals surface area contributed by atoms with Crippen molar-refractivity contribution in [2.24, 2.45) is 5.73 Å². The summed E-state index contributed by atoms with van der Waals surface area (Å²) in [5.74, 6) is 1.60. The van der Waals surface area contributed by atoms with E-state index < -0.39 is 0 Å². The van der Waals surface area contributed by atoms with E-state index in [9.17, 15) is 0 Å². The summed E-state index contributed by atoms with van der Waals surface area (Å²) in [6.45, 7) is 3.98. The molecule has 0 atom stereocenters. The summed E-state index contributed by atoms with van der Waals surface area (Å²) < 4.78 is 10.2. The van der Waals surface area contributed by atoms with Crippen molar-refractivity contribution in [2.75, 3.05) is 25.4 Å². The summed E-state index contributed by atoms with van der Waals surface area (Å²) in [6.07, 6.45) is 1.90. The van der Waals surface area contributed by atoms with Crippen LogP contribution in [0.4, 0.5) is 0 Å². The van der Waals surface area contributed by atoms with Gasteiger partial charge < -0.3 is 15.2 Å². The quantitative estimate of drug-likeness (QED) is 0.187. The Balaban J connectivity index is 0.000000460. The second-order valence-electron chi connectivity index (χ2n) is 5.38. The molecule has 27 heavy (non-hydrogen) atoms. The standard InChI is InChI=1S/C10H13NOS.C9H11NOS.CH3I/c1-7-4-8(10(11)13-3)6-9(5-7)12-2;1-6-3-7(9(10)12)5-8(4-6)11-2;1-2/h4-6,11H,1-3H3;3-5H,1-2H3,(H2,10,12);1H3. The number of ether oxygens (including phenoxy) is 2. The molecule has 0 unspecified atom stereocenters. The van der Waals surface area contributed by atoms with Gasteiger partial charge in [0, 0.05) is 11.1 Å². The summed E-state index contributed by atoms with van der Waals surface area (Å²) in [6, 6.07) is 11.5. The molecule has 148 valence electrons. The van der Waals surface area contributed by atoms with Gasteiger partial charge >= 0.3 is 0 Å². The van der Waals surface area contributed by atoms with Crippen LogP contribution in [0.3, 0.4) is 0 Å². The number of nitrogens with one attached hydrogen (secondary N) is 1. The lowest BCUT2D eigenvalue weighted by molar-refractivity contribution is 0.414. The molecule has 0 radical (unpaired) electrons. The SMILES string of the molecule is CI.COc1cc(C)cc(C(=N)SC)c1.COc1cc(C)cc(C(N)=S)c1. The third kappa shape index (κ3) is 9.44. The van der Waals surface area contributed by atoms with Gasteiger partial charge in [-0.3, -0.25) is 5.41 Å². The first-order valence-electron chi connectivity index (χ1n) is 7.92. The highest BCUT2D eigenvalue weighted by atomic mass is 127. The van der Waals surface area contributed by atoms with Crippen molar-refractivity contribution in [3.05, 3.63) is 58.7 Å². The summed E-state index contributed by atoms with van der Waals surface area (Å²) in [7, 11) is 3.26. The molecule has 0 aliphatic heterocycles. The van der Waals surface area contributed by atoms with Gasteiger partial charge in [-0.2, -0.15) is 0 Å². The van der Waals surface area contributed by atoms with E-state index in [1.165, 1.54) is 11.8 Å². The number of nitrogens with two attached hydrogens (primary N) is 1. The summed E-state index contributed by atoms with van der Waals surface area (Å²) >= 11 is 8.43. The van der Waals surface area contributed by atoms with Crippen LogP contribution in [0, 0.1) is 19.3 Å². The van der Waals surface area contributed by atoms with Crippen LogP contribution < -0.4 is 15.2 Å². The number of hydrogen-bond acceptors (Lipinski definition) is 5. The van der Waals surface area contributed by atoms with Crippen LogP contribution >= 0.6 is 46.6 Å². The third-order valence-electron chi connectivity index (χ3n) is 3.32. The van der Waals surface area contributed by atoms with Crippen molar-refractivity contribution in [3.63, 3.8) is 0 Å². The summed E-state index contributed by atoms with van der Waals surface area (Å²) in [5.41, 5.74) is 9.46. The molecule has 2 aromatic rings. The first-order chi connectivity index (χ1) is 12.8. The number of thiocarbonyl (C=S) groups is 1. The molecule has 0 spiro atoms. The second kappa shape index (κ2) is 13.8. The Morgan fingerprint density at radius 2 is 1.33 bits per heavy atom. The molecule has 2 rings (SSSR count). The van der Waals surface area contributed by atoms with Crippen molar-refractivity contribution in [1.29, 1.82) is 5.41 Å². The van der Waals surface area contributed by atoms with Crippen LogP contribution in [0.5, 0.6) is 11.5 Å². The Hall–Kier alpha value is -1.32. The van der Waals surface area contributed by atoms with Crippen LogP contribution in [-0.2, 0) is 0 Å². The zero-order chi connectivity index (χ0) is 21.0. The molecule has 0 saturated carbocycles. The minimum atomic E-state index is 0.400. The topological polar surface area (TPSA) is 68.3 Å². The number of methoxy groups -OCH3 is 2. The molecule has 0 aliphatic carbocycles. The van der Waals surface area contributed by atoms with Crippen LogP contribution in [0.2, 0.25) is 0 Å². The normalized spacial score (nSPS) is 9.15. The van der Waals surface area contributed by atoms with Gasteiger partial charge in [0.1, 0.15) is 16.5 Å². The second-order valence-corrected chi connectivity index (χ2v) is 6.63. The Kier molecular flexibility index (Phi) is 13.1. The maximum Gasteiger partial charge on any atom is 0.119 e. The Labute approximate surface area is 185 Å². The number of halogens is 1. The van der Waals surface area contributed by atoms with Crippen molar-refractivity contribution in [1.82, 2.24) is 0 Å². The third-order valence-corrected chi connectivity index (χ3v) is 4.20. The van der Waals surface area contributed by atoms with E-state index in [1.807, 2.05) is 61.4 Å². The van der Waals surface area contributed by atoms with Gasteiger partial charge in [0.25, 0.3) is 0 Å². The fourth-order valence-corrected chi connectivity index (χ4v) is 2.59. The number of benzene rings is 2. The van der Waals surface area contributed by atoms with Crippen molar-refractivity contribution < 1.29 is 9.47 Å². The minimum absolute atomic E-state index is 0.400. The molecule has 7 heteroatoms. The maximum absolute atomic E-state index is 7.65. The van der Waals surface area contributed by atoms with E-state index >= 15 is 0 Å². The van der Waals surface area contributed by atoms with E-state index in [4.69, 9.17) is 32.8 Å². The monoisotopic (exact) mass is 518 g/mol. The number of aryl methyl sites for hydroxylation is 2. The van der Waals surface area contributed by atoms with E-state index in [2.05, 4.69) is 22.6 Å². The van der Waals surface area contributed by atoms with Crippen LogP contribution in [0.15, 0.2) is 36.4 Å². The number of alkyl halides is 1. The van der Waals surface area contributed by atoms with Crippen molar-refractivity contribution >= 4 is 56.6 Å². The summed E-state index contributed by atoms with van der Waals surface area (Å²) in [4.78, 5) is 2.37. The molecule has 0 heterocycles. The highest BCUT2D eigenvalue weighted by molar-refractivity contribution is 14.1.